The molecule has 0 spiro atoms. The second-order valence-electron chi connectivity index (χ2n) is 6.57. The molecule has 0 radical (unpaired) electrons. The SMILES string of the molecule is CS(=O)(=O)Nc1c(-c2ccccc2)c(-c2ccc(Cl)cc2)nn1-c1ccccc1. The number of halogens is 1. The van der Waals surface area contributed by atoms with Crippen LogP contribution in [0, 0.1) is 0 Å². The summed E-state index contributed by atoms with van der Waals surface area (Å²) in [5, 5.41) is 5.41. The van der Waals surface area contributed by atoms with Gasteiger partial charge in [0.1, 0.15) is 5.69 Å². The monoisotopic (exact) mass is 423 g/mol. The normalized spacial score (nSPS) is 11.4. The maximum absolute atomic E-state index is 12.2. The van der Waals surface area contributed by atoms with Crippen molar-refractivity contribution in [1.82, 2.24) is 9.78 Å². The van der Waals surface area contributed by atoms with Crippen LogP contribution in [0.4, 0.5) is 5.82 Å². The number of benzene rings is 3. The maximum Gasteiger partial charge on any atom is 0.230 e. The molecule has 29 heavy (non-hydrogen) atoms. The Bertz CT molecular complexity index is 1240. The predicted molar refractivity (Wildman–Crippen MR) is 118 cm³/mol. The second kappa shape index (κ2) is 7.73. The third-order valence-corrected chi connectivity index (χ3v) is 5.16. The van der Waals surface area contributed by atoms with E-state index >= 15 is 0 Å². The Hall–Kier alpha value is -3.09. The molecule has 0 aliphatic rings. The summed E-state index contributed by atoms with van der Waals surface area (Å²) in [6, 6.07) is 26.3. The number of anilines is 1. The van der Waals surface area contributed by atoms with Crippen molar-refractivity contribution >= 4 is 27.4 Å². The first-order valence-corrected chi connectivity index (χ1v) is 11.2. The van der Waals surface area contributed by atoms with Gasteiger partial charge >= 0.3 is 0 Å². The van der Waals surface area contributed by atoms with E-state index in [1.807, 2.05) is 72.8 Å². The average molecular weight is 424 g/mol. The molecule has 0 saturated heterocycles. The van der Waals surface area contributed by atoms with Gasteiger partial charge in [0.25, 0.3) is 0 Å². The van der Waals surface area contributed by atoms with E-state index in [4.69, 9.17) is 16.7 Å². The van der Waals surface area contributed by atoms with Gasteiger partial charge in [0, 0.05) is 10.6 Å². The smallest absolute Gasteiger partial charge is 0.230 e. The first kappa shape index (κ1) is 19.2. The zero-order valence-corrected chi connectivity index (χ0v) is 17.2. The number of sulfonamides is 1. The molecule has 0 unspecified atom stereocenters. The van der Waals surface area contributed by atoms with Crippen LogP contribution >= 0.6 is 11.6 Å². The molecule has 0 amide bonds. The van der Waals surface area contributed by atoms with Gasteiger partial charge in [-0.25, -0.2) is 13.1 Å². The lowest BCUT2D eigenvalue weighted by Crippen LogP contribution is -2.14. The van der Waals surface area contributed by atoms with Crippen LogP contribution in [-0.4, -0.2) is 24.5 Å². The molecule has 0 atom stereocenters. The number of hydrogen-bond donors (Lipinski definition) is 1. The Morgan fingerprint density at radius 1 is 0.828 bits per heavy atom. The lowest BCUT2D eigenvalue weighted by Gasteiger charge is -2.11. The van der Waals surface area contributed by atoms with Crippen molar-refractivity contribution in [3.8, 4) is 28.1 Å². The van der Waals surface area contributed by atoms with Crippen LogP contribution in [0.1, 0.15) is 0 Å². The molecule has 3 aromatic carbocycles. The van der Waals surface area contributed by atoms with E-state index in [0.29, 0.717) is 22.1 Å². The topological polar surface area (TPSA) is 64.0 Å². The first-order valence-electron chi connectivity index (χ1n) is 8.90. The molecule has 1 N–H and O–H groups in total. The summed E-state index contributed by atoms with van der Waals surface area (Å²) in [6.07, 6.45) is 1.13. The molecule has 4 rings (SSSR count). The van der Waals surface area contributed by atoms with E-state index in [-0.39, 0.29) is 0 Å². The molecule has 4 aromatic rings. The van der Waals surface area contributed by atoms with Crippen LogP contribution < -0.4 is 4.72 Å². The van der Waals surface area contributed by atoms with Crippen molar-refractivity contribution in [2.45, 2.75) is 0 Å². The minimum absolute atomic E-state index is 0.384. The van der Waals surface area contributed by atoms with Gasteiger partial charge in [-0.15, -0.1) is 0 Å². The number of aromatic nitrogens is 2. The van der Waals surface area contributed by atoms with Gasteiger partial charge in [-0.1, -0.05) is 72.3 Å². The summed E-state index contributed by atoms with van der Waals surface area (Å²) >= 11 is 6.06. The van der Waals surface area contributed by atoms with E-state index in [1.54, 1.807) is 16.8 Å². The van der Waals surface area contributed by atoms with Crippen LogP contribution in [0.2, 0.25) is 5.02 Å². The summed E-state index contributed by atoms with van der Waals surface area (Å²) in [5.74, 6) is 0.384. The largest absolute Gasteiger partial charge is 0.267 e. The Labute approximate surface area is 174 Å². The highest BCUT2D eigenvalue weighted by Crippen LogP contribution is 2.39. The fraction of sp³-hybridized carbons (Fsp3) is 0.0455. The summed E-state index contributed by atoms with van der Waals surface area (Å²) in [6.45, 7) is 0. The van der Waals surface area contributed by atoms with Gasteiger partial charge in [-0.2, -0.15) is 5.10 Å². The zero-order chi connectivity index (χ0) is 20.4. The van der Waals surface area contributed by atoms with Gasteiger partial charge < -0.3 is 0 Å². The minimum Gasteiger partial charge on any atom is -0.267 e. The molecule has 0 aliphatic heterocycles. The van der Waals surface area contributed by atoms with Crippen molar-refractivity contribution < 1.29 is 8.42 Å². The van der Waals surface area contributed by atoms with Gasteiger partial charge in [0.15, 0.2) is 5.82 Å². The predicted octanol–water partition coefficient (Wildman–Crippen LogP) is 5.23. The van der Waals surface area contributed by atoms with Crippen LogP contribution in [-0.2, 0) is 10.0 Å². The van der Waals surface area contributed by atoms with Crippen LogP contribution in [0.15, 0.2) is 84.9 Å². The molecule has 0 aliphatic carbocycles. The van der Waals surface area contributed by atoms with Gasteiger partial charge in [-0.05, 0) is 29.8 Å². The number of nitrogens with one attached hydrogen (secondary N) is 1. The van der Waals surface area contributed by atoms with E-state index in [0.717, 1.165) is 23.1 Å². The Morgan fingerprint density at radius 2 is 1.41 bits per heavy atom. The number of nitrogens with zero attached hydrogens (tertiary/aromatic N) is 2. The molecule has 1 aromatic heterocycles. The summed E-state index contributed by atoms with van der Waals surface area (Å²) in [7, 11) is -3.55. The molecule has 5 nitrogen and oxygen atoms in total. The van der Waals surface area contributed by atoms with Gasteiger partial charge in [0.05, 0.1) is 17.5 Å². The number of hydrogen-bond acceptors (Lipinski definition) is 3. The highest BCUT2D eigenvalue weighted by molar-refractivity contribution is 7.92. The highest BCUT2D eigenvalue weighted by Gasteiger charge is 2.23. The lowest BCUT2D eigenvalue weighted by atomic mass is 10.0. The van der Waals surface area contributed by atoms with Crippen molar-refractivity contribution in [3.63, 3.8) is 0 Å². The second-order valence-corrected chi connectivity index (χ2v) is 8.75. The van der Waals surface area contributed by atoms with E-state index in [2.05, 4.69) is 4.72 Å². The average Bonchev–Trinajstić information content (AvgIpc) is 3.07. The molecule has 7 heteroatoms. The fourth-order valence-corrected chi connectivity index (χ4v) is 3.80. The summed E-state index contributed by atoms with van der Waals surface area (Å²) in [5.41, 5.74) is 3.78. The van der Waals surface area contributed by atoms with Gasteiger partial charge in [-0.3, -0.25) is 4.72 Å². The fourth-order valence-electron chi connectivity index (χ4n) is 3.13. The van der Waals surface area contributed by atoms with E-state index in [1.165, 1.54) is 0 Å². The van der Waals surface area contributed by atoms with Crippen molar-refractivity contribution in [2.75, 3.05) is 11.0 Å². The maximum atomic E-state index is 12.2. The molecule has 1 heterocycles. The highest BCUT2D eigenvalue weighted by atomic mass is 35.5. The molecule has 0 saturated carbocycles. The zero-order valence-electron chi connectivity index (χ0n) is 15.6. The molecule has 146 valence electrons. The molecular weight excluding hydrogens is 406 g/mol. The molecule has 0 bridgehead atoms. The first-order chi connectivity index (χ1) is 13.9. The Balaban J connectivity index is 2.06. The van der Waals surface area contributed by atoms with Crippen LogP contribution in [0.5, 0.6) is 0 Å². The van der Waals surface area contributed by atoms with Crippen LogP contribution in [0.3, 0.4) is 0 Å². The number of para-hydroxylation sites is 1. The standard InChI is InChI=1S/C22H18ClN3O2S/c1-29(27,28)25-22-20(16-8-4-2-5-9-16)21(17-12-14-18(23)15-13-17)24-26(22)19-10-6-3-7-11-19/h2-15,25H,1H3. The van der Waals surface area contributed by atoms with Gasteiger partial charge in [0.2, 0.25) is 10.0 Å². The lowest BCUT2D eigenvalue weighted by molar-refractivity contribution is 0.606. The minimum atomic E-state index is -3.55. The number of rotatable bonds is 5. The summed E-state index contributed by atoms with van der Waals surface area (Å²) in [4.78, 5) is 0. The quantitative estimate of drug-likeness (QED) is 0.478. The van der Waals surface area contributed by atoms with Crippen molar-refractivity contribution in [1.29, 1.82) is 0 Å². The van der Waals surface area contributed by atoms with E-state index in [9.17, 15) is 8.42 Å². The van der Waals surface area contributed by atoms with E-state index < -0.39 is 10.0 Å². The Kier molecular flexibility index (Phi) is 5.13. The Morgan fingerprint density at radius 3 is 2.00 bits per heavy atom. The summed E-state index contributed by atoms with van der Waals surface area (Å²) < 4.78 is 28.7. The van der Waals surface area contributed by atoms with Crippen molar-refractivity contribution in [3.05, 3.63) is 90.0 Å². The third kappa shape index (κ3) is 4.18. The van der Waals surface area contributed by atoms with Crippen LogP contribution in [0.25, 0.3) is 28.1 Å². The third-order valence-electron chi connectivity index (χ3n) is 4.35. The molecule has 0 fully saturated rings. The van der Waals surface area contributed by atoms with Crippen molar-refractivity contribution in [2.24, 2.45) is 0 Å². The molecular formula is C22H18ClN3O2S.